The Morgan fingerprint density at radius 1 is 1.08 bits per heavy atom. The third kappa shape index (κ3) is 5.49. The van der Waals surface area contributed by atoms with Crippen LogP contribution in [0.3, 0.4) is 0 Å². The number of anilines is 1. The van der Waals surface area contributed by atoms with Gasteiger partial charge >= 0.3 is 5.97 Å². The van der Waals surface area contributed by atoms with E-state index in [9.17, 15) is 4.79 Å². The van der Waals surface area contributed by atoms with Gasteiger partial charge in [0, 0.05) is 11.0 Å². The number of unbranched alkanes of at least 4 members (excludes halogenated alkanes) is 1. The van der Waals surface area contributed by atoms with Gasteiger partial charge in [-0.2, -0.15) is 0 Å². The van der Waals surface area contributed by atoms with Gasteiger partial charge in [-0.3, -0.25) is 0 Å². The number of benzene rings is 2. The standard InChI is InChI=1S/C21H26BrNO3/c1-14-7-8-16(3)19(13-14)26-10-6-5-9-23-20-17(21(24)25-4)11-15(2)12-18(20)22/h7-8,11-13,23H,5-6,9-10H2,1-4H3. The zero-order valence-corrected chi connectivity index (χ0v) is 17.4. The molecule has 0 unspecified atom stereocenters. The molecule has 140 valence electrons. The average molecular weight is 420 g/mol. The molecule has 0 radical (unpaired) electrons. The highest BCUT2D eigenvalue weighted by molar-refractivity contribution is 9.10. The van der Waals surface area contributed by atoms with Gasteiger partial charge in [-0.1, -0.05) is 12.1 Å². The van der Waals surface area contributed by atoms with E-state index in [-0.39, 0.29) is 5.97 Å². The fourth-order valence-electron chi connectivity index (χ4n) is 2.68. The maximum Gasteiger partial charge on any atom is 0.340 e. The van der Waals surface area contributed by atoms with E-state index in [4.69, 9.17) is 9.47 Å². The van der Waals surface area contributed by atoms with Gasteiger partial charge in [-0.05, 0) is 84.4 Å². The number of hydrogen-bond donors (Lipinski definition) is 1. The molecule has 2 aromatic carbocycles. The smallest absolute Gasteiger partial charge is 0.340 e. The fraction of sp³-hybridized carbons (Fsp3) is 0.381. The summed E-state index contributed by atoms with van der Waals surface area (Å²) in [6.07, 6.45) is 1.86. The van der Waals surface area contributed by atoms with Crippen LogP contribution >= 0.6 is 15.9 Å². The molecule has 0 aliphatic rings. The molecule has 0 atom stereocenters. The maximum atomic E-state index is 12.0. The van der Waals surface area contributed by atoms with Gasteiger partial charge in [0.25, 0.3) is 0 Å². The SMILES string of the molecule is COC(=O)c1cc(C)cc(Br)c1NCCCCOc1cc(C)ccc1C. The molecule has 26 heavy (non-hydrogen) atoms. The second-order valence-electron chi connectivity index (χ2n) is 6.41. The molecule has 0 fully saturated rings. The van der Waals surface area contributed by atoms with E-state index in [2.05, 4.69) is 53.3 Å². The third-order valence-corrected chi connectivity index (χ3v) is 4.74. The average Bonchev–Trinajstić information content (AvgIpc) is 2.61. The topological polar surface area (TPSA) is 47.6 Å². The maximum absolute atomic E-state index is 12.0. The Labute approximate surface area is 164 Å². The molecule has 0 saturated heterocycles. The van der Waals surface area contributed by atoms with Gasteiger partial charge in [0.05, 0.1) is 25.0 Å². The van der Waals surface area contributed by atoms with Gasteiger partial charge in [0.15, 0.2) is 0 Å². The second-order valence-corrected chi connectivity index (χ2v) is 7.27. The van der Waals surface area contributed by atoms with Gasteiger partial charge in [0.2, 0.25) is 0 Å². The van der Waals surface area contributed by atoms with Crippen LogP contribution in [-0.2, 0) is 4.74 Å². The highest BCUT2D eigenvalue weighted by Gasteiger charge is 2.15. The Morgan fingerprint density at radius 3 is 2.58 bits per heavy atom. The molecule has 0 aromatic heterocycles. The Kier molecular flexibility index (Phi) is 7.51. The van der Waals surface area contributed by atoms with Crippen molar-refractivity contribution in [2.75, 3.05) is 25.6 Å². The summed E-state index contributed by atoms with van der Waals surface area (Å²) in [5.41, 5.74) is 4.68. The lowest BCUT2D eigenvalue weighted by atomic mass is 10.1. The van der Waals surface area contributed by atoms with Gasteiger partial charge in [-0.15, -0.1) is 0 Å². The van der Waals surface area contributed by atoms with Crippen molar-refractivity contribution >= 4 is 27.6 Å². The summed E-state index contributed by atoms with van der Waals surface area (Å²) in [6, 6.07) is 10.1. The Bertz CT molecular complexity index is 774. The van der Waals surface area contributed by atoms with E-state index in [1.807, 2.05) is 19.1 Å². The van der Waals surface area contributed by atoms with Crippen molar-refractivity contribution in [3.05, 3.63) is 57.1 Å². The third-order valence-electron chi connectivity index (χ3n) is 4.11. The number of esters is 1. The van der Waals surface area contributed by atoms with Gasteiger partial charge < -0.3 is 14.8 Å². The first-order valence-electron chi connectivity index (χ1n) is 8.74. The van der Waals surface area contributed by atoms with Gasteiger partial charge in [-0.25, -0.2) is 4.79 Å². The van der Waals surface area contributed by atoms with Crippen molar-refractivity contribution in [2.24, 2.45) is 0 Å². The Morgan fingerprint density at radius 2 is 1.85 bits per heavy atom. The molecule has 0 spiro atoms. The van der Waals surface area contributed by atoms with Crippen molar-refractivity contribution in [3.8, 4) is 5.75 Å². The highest BCUT2D eigenvalue weighted by atomic mass is 79.9. The zero-order valence-electron chi connectivity index (χ0n) is 15.8. The van der Waals surface area contributed by atoms with Crippen LogP contribution in [0.4, 0.5) is 5.69 Å². The summed E-state index contributed by atoms with van der Waals surface area (Å²) in [6.45, 7) is 7.49. The van der Waals surface area contributed by atoms with E-state index >= 15 is 0 Å². The van der Waals surface area contributed by atoms with Crippen LogP contribution < -0.4 is 10.1 Å². The normalized spacial score (nSPS) is 10.5. The summed E-state index contributed by atoms with van der Waals surface area (Å²) in [5.74, 6) is 0.613. The summed E-state index contributed by atoms with van der Waals surface area (Å²) in [5, 5.41) is 3.34. The van der Waals surface area contributed by atoms with Crippen LogP contribution in [0.2, 0.25) is 0 Å². The van der Waals surface area contributed by atoms with E-state index in [1.54, 1.807) is 0 Å². The lowest BCUT2D eigenvalue weighted by Gasteiger charge is -2.14. The minimum absolute atomic E-state index is 0.338. The first-order chi connectivity index (χ1) is 12.4. The van der Waals surface area contributed by atoms with Crippen LogP contribution in [0.15, 0.2) is 34.8 Å². The van der Waals surface area contributed by atoms with Crippen molar-refractivity contribution in [3.63, 3.8) is 0 Å². The molecule has 2 aromatic rings. The number of aryl methyl sites for hydroxylation is 3. The van der Waals surface area contributed by atoms with E-state index < -0.39 is 0 Å². The number of rotatable bonds is 8. The van der Waals surface area contributed by atoms with Crippen LogP contribution in [0.25, 0.3) is 0 Å². The Hall–Kier alpha value is -2.01. The van der Waals surface area contributed by atoms with Crippen LogP contribution in [0, 0.1) is 20.8 Å². The molecule has 5 heteroatoms. The van der Waals surface area contributed by atoms with Gasteiger partial charge in [0.1, 0.15) is 5.75 Å². The van der Waals surface area contributed by atoms with E-state index in [0.717, 1.165) is 46.4 Å². The molecule has 2 rings (SSSR count). The predicted molar refractivity (Wildman–Crippen MR) is 109 cm³/mol. The van der Waals surface area contributed by atoms with Crippen molar-refractivity contribution in [1.29, 1.82) is 0 Å². The molecule has 4 nitrogen and oxygen atoms in total. The lowest BCUT2D eigenvalue weighted by molar-refractivity contribution is 0.0601. The largest absolute Gasteiger partial charge is 0.493 e. The zero-order chi connectivity index (χ0) is 19.1. The molecule has 0 saturated carbocycles. The lowest BCUT2D eigenvalue weighted by Crippen LogP contribution is -2.11. The molecule has 0 heterocycles. The minimum atomic E-state index is -0.338. The molecule has 0 aliphatic carbocycles. The second kappa shape index (κ2) is 9.62. The van der Waals surface area contributed by atoms with E-state index in [0.29, 0.717) is 12.2 Å². The quantitative estimate of drug-likeness (QED) is 0.457. The summed E-state index contributed by atoms with van der Waals surface area (Å²) < 4.78 is 11.6. The number of methoxy groups -OCH3 is 1. The Balaban J connectivity index is 1.85. The summed E-state index contributed by atoms with van der Waals surface area (Å²) in [4.78, 5) is 12.0. The molecular formula is C21H26BrNO3. The first-order valence-corrected chi connectivity index (χ1v) is 9.54. The molecule has 0 bridgehead atoms. The van der Waals surface area contributed by atoms with Crippen molar-refractivity contribution < 1.29 is 14.3 Å². The number of carbonyl (C=O) groups excluding carboxylic acids is 1. The molecule has 0 amide bonds. The molecule has 1 N–H and O–H groups in total. The summed E-state index contributed by atoms with van der Waals surface area (Å²) in [7, 11) is 1.40. The predicted octanol–water partition coefficient (Wildman–Crippen LogP) is 5.43. The first kappa shape index (κ1) is 20.3. The minimum Gasteiger partial charge on any atom is -0.493 e. The fourth-order valence-corrected chi connectivity index (χ4v) is 3.39. The van der Waals surface area contributed by atoms with Crippen LogP contribution in [-0.4, -0.2) is 26.2 Å². The monoisotopic (exact) mass is 419 g/mol. The van der Waals surface area contributed by atoms with E-state index in [1.165, 1.54) is 12.7 Å². The number of nitrogens with one attached hydrogen (secondary N) is 1. The number of halogens is 1. The van der Waals surface area contributed by atoms with Crippen molar-refractivity contribution in [2.45, 2.75) is 33.6 Å². The van der Waals surface area contributed by atoms with Crippen molar-refractivity contribution in [1.82, 2.24) is 0 Å². The molecule has 0 aliphatic heterocycles. The number of ether oxygens (including phenoxy) is 2. The summed E-state index contributed by atoms with van der Waals surface area (Å²) >= 11 is 3.53. The van der Waals surface area contributed by atoms with Crippen LogP contribution in [0.1, 0.15) is 39.9 Å². The number of hydrogen-bond acceptors (Lipinski definition) is 4. The number of carbonyl (C=O) groups is 1. The molecular weight excluding hydrogens is 394 g/mol. The van der Waals surface area contributed by atoms with Crippen LogP contribution in [0.5, 0.6) is 5.75 Å². The highest BCUT2D eigenvalue weighted by Crippen LogP contribution is 2.29.